The van der Waals surface area contributed by atoms with Crippen LogP contribution >= 0.6 is 0 Å². The molecule has 0 atom stereocenters. The molecule has 1 aromatic heterocycles. The second kappa shape index (κ2) is 6.79. The zero-order valence-corrected chi connectivity index (χ0v) is 12.4. The minimum Gasteiger partial charge on any atom is -0.484 e. The van der Waals surface area contributed by atoms with Gasteiger partial charge >= 0.3 is 0 Å². The summed E-state index contributed by atoms with van der Waals surface area (Å²) in [4.78, 5) is 15.3. The summed E-state index contributed by atoms with van der Waals surface area (Å²) in [6.07, 6.45) is 1.81. The molecule has 2 N–H and O–H groups in total. The van der Waals surface area contributed by atoms with Crippen molar-refractivity contribution in [3.05, 3.63) is 72.2 Å². The Balaban J connectivity index is 1.70. The number of nitrogens with zero attached hydrogens (tertiary/aromatic N) is 1. The molecule has 116 valence electrons. The van der Waals surface area contributed by atoms with Crippen LogP contribution in [-0.2, 0) is 17.8 Å². The molecule has 2 aromatic carbocycles. The number of aromatic nitrogens is 1. The first-order valence-corrected chi connectivity index (χ1v) is 7.21. The van der Waals surface area contributed by atoms with Gasteiger partial charge in [-0.15, -0.1) is 0 Å². The van der Waals surface area contributed by atoms with Gasteiger partial charge in [0.15, 0.2) is 12.4 Å². The minimum atomic E-state index is -0.400. The average Bonchev–Trinajstić information content (AvgIpc) is 3.03. The van der Waals surface area contributed by atoms with Gasteiger partial charge in [-0.3, -0.25) is 4.79 Å². The summed E-state index contributed by atoms with van der Waals surface area (Å²) in [6, 6.07) is 17.0. The van der Waals surface area contributed by atoms with Crippen LogP contribution in [0.1, 0.15) is 11.5 Å². The fraction of sp³-hybridized carbons (Fsp3) is 0.111. The first-order valence-electron chi connectivity index (χ1n) is 7.21. The van der Waals surface area contributed by atoms with Gasteiger partial charge in [0.2, 0.25) is 11.8 Å². The molecular weight excluding hydrogens is 292 g/mol. The topological polar surface area (TPSA) is 78.4 Å². The normalized spacial score (nSPS) is 10.4. The van der Waals surface area contributed by atoms with E-state index in [0.717, 1.165) is 11.1 Å². The molecule has 0 spiro atoms. The van der Waals surface area contributed by atoms with Crippen LogP contribution in [0.3, 0.4) is 0 Å². The quantitative estimate of drug-likeness (QED) is 0.759. The highest BCUT2D eigenvalue weighted by molar-refractivity contribution is 5.77. The molecule has 3 rings (SSSR count). The number of para-hydroxylation sites is 1. The Labute approximate surface area is 133 Å². The van der Waals surface area contributed by atoms with Gasteiger partial charge in [0.25, 0.3) is 0 Å². The monoisotopic (exact) mass is 308 g/mol. The van der Waals surface area contributed by atoms with E-state index in [1.54, 1.807) is 12.3 Å². The van der Waals surface area contributed by atoms with Crippen LogP contribution in [0.4, 0.5) is 0 Å². The van der Waals surface area contributed by atoms with E-state index in [-0.39, 0.29) is 13.0 Å². The number of primary amides is 1. The van der Waals surface area contributed by atoms with Crippen molar-refractivity contribution >= 4 is 5.91 Å². The van der Waals surface area contributed by atoms with Gasteiger partial charge < -0.3 is 14.9 Å². The lowest BCUT2D eigenvalue weighted by molar-refractivity contribution is -0.117. The SMILES string of the molecule is NC(=O)Cc1ccccc1OCc1ncc(-c2ccccc2)o1. The number of ether oxygens (including phenoxy) is 1. The third kappa shape index (κ3) is 3.77. The van der Waals surface area contributed by atoms with Crippen LogP contribution in [0.25, 0.3) is 11.3 Å². The van der Waals surface area contributed by atoms with Gasteiger partial charge in [0, 0.05) is 11.1 Å². The Morgan fingerprint density at radius 1 is 1.09 bits per heavy atom. The molecule has 0 saturated carbocycles. The smallest absolute Gasteiger partial charge is 0.232 e. The van der Waals surface area contributed by atoms with E-state index in [2.05, 4.69) is 4.98 Å². The number of oxazole rings is 1. The van der Waals surface area contributed by atoms with Crippen LogP contribution in [0.5, 0.6) is 5.75 Å². The van der Waals surface area contributed by atoms with Gasteiger partial charge in [-0.05, 0) is 6.07 Å². The molecule has 3 aromatic rings. The Hall–Kier alpha value is -3.08. The fourth-order valence-corrected chi connectivity index (χ4v) is 2.23. The van der Waals surface area contributed by atoms with Crippen LogP contribution in [0, 0.1) is 0 Å². The van der Waals surface area contributed by atoms with E-state index < -0.39 is 5.91 Å². The van der Waals surface area contributed by atoms with E-state index >= 15 is 0 Å². The van der Waals surface area contributed by atoms with Crippen molar-refractivity contribution in [1.82, 2.24) is 4.98 Å². The highest BCUT2D eigenvalue weighted by Crippen LogP contribution is 2.22. The maximum absolute atomic E-state index is 11.1. The molecule has 0 fully saturated rings. The molecule has 0 unspecified atom stereocenters. The number of rotatable bonds is 6. The van der Waals surface area contributed by atoms with E-state index in [9.17, 15) is 4.79 Å². The van der Waals surface area contributed by atoms with Crippen molar-refractivity contribution < 1.29 is 13.9 Å². The molecule has 5 heteroatoms. The lowest BCUT2D eigenvalue weighted by atomic mass is 10.1. The fourth-order valence-electron chi connectivity index (χ4n) is 2.23. The van der Waals surface area contributed by atoms with Crippen molar-refractivity contribution in [3.63, 3.8) is 0 Å². The number of carbonyl (C=O) groups excluding carboxylic acids is 1. The number of hydrogen-bond donors (Lipinski definition) is 1. The Kier molecular flexibility index (Phi) is 4.38. The van der Waals surface area contributed by atoms with Gasteiger partial charge in [-0.25, -0.2) is 4.98 Å². The van der Waals surface area contributed by atoms with Crippen LogP contribution in [0.2, 0.25) is 0 Å². The second-order valence-corrected chi connectivity index (χ2v) is 5.02. The van der Waals surface area contributed by atoms with E-state index in [4.69, 9.17) is 14.9 Å². The molecule has 23 heavy (non-hydrogen) atoms. The Morgan fingerprint density at radius 3 is 2.61 bits per heavy atom. The first-order chi connectivity index (χ1) is 11.2. The van der Waals surface area contributed by atoms with Crippen LogP contribution < -0.4 is 10.5 Å². The predicted molar refractivity (Wildman–Crippen MR) is 85.6 cm³/mol. The minimum absolute atomic E-state index is 0.136. The predicted octanol–water partition coefficient (Wildman–Crippen LogP) is 2.95. The van der Waals surface area contributed by atoms with Crippen molar-refractivity contribution in [3.8, 4) is 17.1 Å². The summed E-state index contributed by atoms with van der Waals surface area (Å²) in [7, 11) is 0. The average molecular weight is 308 g/mol. The van der Waals surface area contributed by atoms with Crippen molar-refractivity contribution in [1.29, 1.82) is 0 Å². The Morgan fingerprint density at radius 2 is 1.83 bits per heavy atom. The maximum Gasteiger partial charge on any atom is 0.232 e. The third-order valence-corrected chi connectivity index (χ3v) is 3.30. The maximum atomic E-state index is 11.1. The largest absolute Gasteiger partial charge is 0.484 e. The van der Waals surface area contributed by atoms with Gasteiger partial charge in [-0.1, -0.05) is 48.5 Å². The van der Waals surface area contributed by atoms with E-state index in [1.165, 1.54) is 0 Å². The zero-order chi connectivity index (χ0) is 16.1. The van der Waals surface area contributed by atoms with Gasteiger partial charge in [-0.2, -0.15) is 0 Å². The lowest BCUT2D eigenvalue weighted by Gasteiger charge is -2.08. The highest BCUT2D eigenvalue weighted by atomic mass is 16.5. The molecule has 1 heterocycles. The number of benzene rings is 2. The van der Waals surface area contributed by atoms with Crippen LogP contribution in [0.15, 0.2) is 65.2 Å². The standard InChI is InChI=1S/C18H16N2O3/c19-17(21)10-14-8-4-5-9-15(14)22-12-18-20-11-16(23-18)13-6-2-1-3-7-13/h1-9,11H,10,12H2,(H2,19,21). The third-order valence-electron chi connectivity index (χ3n) is 3.30. The molecule has 0 saturated heterocycles. The number of hydrogen-bond acceptors (Lipinski definition) is 4. The van der Waals surface area contributed by atoms with Gasteiger partial charge in [0.05, 0.1) is 12.6 Å². The summed E-state index contributed by atoms with van der Waals surface area (Å²) in [5, 5.41) is 0. The molecule has 1 amide bonds. The summed E-state index contributed by atoms with van der Waals surface area (Å²) in [5.41, 5.74) is 6.95. The summed E-state index contributed by atoms with van der Waals surface area (Å²) >= 11 is 0. The van der Waals surface area contributed by atoms with Crippen molar-refractivity contribution in [2.75, 3.05) is 0 Å². The molecule has 0 bridgehead atoms. The van der Waals surface area contributed by atoms with Crippen molar-refractivity contribution in [2.45, 2.75) is 13.0 Å². The molecule has 0 aliphatic heterocycles. The lowest BCUT2D eigenvalue weighted by Crippen LogP contribution is -2.14. The second-order valence-electron chi connectivity index (χ2n) is 5.02. The number of carbonyl (C=O) groups is 1. The highest BCUT2D eigenvalue weighted by Gasteiger charge is 2.09. The molecule has 0 aliphatic rings. The molecule has 5 nitrogen and oxygen atoms in total. The van der Waals surface area contributed by atoms with Crippen LogP contribution in [-0.4, -0.2) is 10.9 Å². The number of amides is 1. The summed E-state index contributed by atoms with van der Waals surface area (Å²) < 4.78 is 11.4. The number of nitrogens with two attached hydrogens (primary N) is 1. The van der Waals surface area contributed by atoms with E-state index in [0.29, 0.717) is 17.4 Å². The Bertz CT molecular complexity index is 797. The molecule has 0 aliphatic carbocycles. The molecule has 0 radical (unpaired) electrons. The van der Waals surface area contributed by atoms with Gasteiger partial charge in [0.1, 0.15) is 5.75 Å². The summed E-state index contributed by atoms with van der Waals surface area (Å²) in [5.74, 6) is 1.36. The van der Waals surface area contributed by atoms with E-state index in [1.807, 2.05) is 48.5 Å². The summed E-state index contributed by atoms with van der Waals surface area (Å²) in [6.45, 7) is 0.183. The first kappa shape index (κ1) is 14.8. The molecular formula is C18H16N2O3. The zero-order valence-electron chi connectivity index (χ0n) is 12.4. The van der Waals surface area contributed by atoms with Crippen molar-refractivity contribution in [2.24, 2.45) is 5.73 Å².